The smallest absolute Gasteiger partial charge is 0.123 e. The second-order valence-corrected chi connectivity index (χ2v) is 5.37. The molecule has 0 radical (unpaired) electrons. The van der Waals surface area contributed by atoms with Gasteiger partial charge in [0.2, 0.25) is 0 Å². The molecule has 1 heterocycles. The normalized spacial score (nSPS) is 19.5. The highest BCUT2D eigenvalue weighted by atomic mass is 19.1. The van der Waals surface area contributed by atoms with E-state index in [9.17, 15) is 4.39 Å². The SMILES string of the molecule is C[C@H](NCCN1CCN(C)CC1)c1ccc(F)cc1. The number of nitrogens with one attached hydrogen (secondary N) is 1. The standard InChI is InChI=1S/C15H24FN3/c1-13(14-3-5-15(16)6-4-14)17-7-8-19-11-9-18(2)10-12-19/h3-6,13,17H,7-12H2,1-2H3/t13-/m0/s1. The molecule has 1 aliphatic rings. The van der Waals surface area contributed by atoms with Crippen molar-refractivity contribution < 1.29 is 4.39 Å². The number of rotatable bonds is 5. The zero-order valence-electron chi connectivity index (χ0n) is 11.9. The van der Waals surface area contributed by atoms with Crippen molar-refractivity contribution >= 4 is 0 Å². The second kappa shape index (κ2) is 6.98. The first-order valence-corrected chi connectivity index (χ1v) is 7.05. The van der Waals surface area contributed by atoms with Crippen LogP contribution < -0.4 is 5.32 Å². The largest absolute Gasteiger partial charge is 0.309 e. The van der Waals surface area contributed by atoms with Crippen LogP contribution in [0, 0.1) is 5.82 Å². The van der Waals surface area contributed by atoms with Crippen molar-refractivity contribution in [1.29, 1.82) is 0 Å². The van der Waals surface area contributed by atoms with E-state index in [1.807, 2.05) is 12.1 Å². The first-order valence-electron chi connectivity index (χ1n) is 7.05. The van der Waals surface area contributed by atoms with Gasteiger partial charge in [0, 0.05) is 45.3 Å². The van der Waals surface area contributed by atoms with Crippen molar-refractivity contribution in [3.63, 3.8) is 0 Å². The van der Waals surface area contributed by atoms with Gasteiger partial charge in [0.1, 0.15) is 5.82 Å². The highest BCUT2D eigenvalue weighted by Gasteiger charge is 2.13. The third kappa shape index (κ3) is 4.56. The van der Waals surface area contributed by atoms with Crippen molar-refractivity contribution in [2.75, 3.05) is 46.3 Å². The summed E-state index contributed by atoms with van der Waals surface area (Å²) in [5.41, 5.74) is 1.14. The number of likely N-dealkylation sites (N-methyl/N-ethyl adjacent to an activating group) is 1. The van der Waals surface area contributed by atoms with Gasteiger partial charge in [0.25, 0.3) is 0 Å². The molecule has 0 unspecified atom stereocenters. The van der Waals surface area contributed by atoms with Gasteiger partial charge in [-0.05, 0) is 31.7 Å². The van der Waals surface area contributed by atoms with Gasteiger partial charge in [-0.2, -0.15) is 0 Å². The molecule has 19 heavy (non-hydrogen) atoms. The van der Waals surface area contributed by atoms with Crippen molar-refractivity contribution in [2.24, 2.45) is 0 Å². The Morgan fingerprint density at radius 2 is 1.79 bits per heavy atom. The van der Waals surface area contributed by atoms with Crippen LogP contribution in [0.25, 0.3) is 0 Å². The zero-order chi connectivity index (χ0) is 13.7. The molecule has 0 aliphatic carbocycles. The Morgan fingerprint density at radius 1 is 1.16 bits per heavy atom. The maximum atomic E-state index is 12.8. The summed E-state index contributed by atoms with van der Waals surface area (Å²) < 4.78 is 12.8. The number of benzene rings is 1. The molecule has 4 heteroatoms. The average Bonchev–Trinajstić information content (AvgIpc) is 2.41. The van der Waals surface area contributed by atoms with E-state index in [2.05, 4.69) is 29.1 Å². The number of hydrogen-bond donors (Lipinski definition) is 1. The van der Waals surface area contributed by atoms with Gasteiger partial charge in [-0.15, -0.1) is 0 Å². The number of piperazine rings is 1. The molecule has 1 aromatic rings. The van der Waals surface area contributed by atoms with Gasteiger partial charge in [0.05, 0.1) is 0 Å². The molecule has 0 spiro atoms. The molecule has 2 rings (SSSR count). The highest BCUT2D eigenvalue weighted by Crippen LogP contribution is 2.12. The van der Waals surface area contributed by atoms with Crippen molar-refractivity contribution in [2.45, 2.75) is 13.0 Å². The van der Waals surface area contributed by atoms with Crippen LogP contribution >= 0.6 is 0 Å². The monoisotopic (exact) mass is 265 g/mol. The maximum Gasteiger partial charge on any atom is 0.123 e. The van der Waals surface area contributed by atoms with Crippen LogP contribution in [0.4, 0.5) is 4.39 Å². The molecule has 1 N–H and O–H groups in total. The molecule has 1 fully saturated rings. The van der Waals surface area contributed by atoms with Crippen LogP contribution in [0.3, 0.4) is 0 Å². The summed E-state index contributed by atoms with van der Waals surface area (Å²) in [5, 5.41) is 3.50. The minimum atomic E-state index is -0.173. The molecule has 1 aromatic carbocycles. The summed E-state index contributed by atoms with van der Waals surface area (Å²) in [6, 6.07) is 7.02. The van der Waals surface area contributed by atoms with Crippen LogP contribution in [0.15, 0.2) is 24.3 Å². The van der Waals surface area contributed by atoms with Gasteiger partial charge < -0.3 is 10.2 Å². The first-order chi connectivity index (χ1) is 9.15. The average molecular weight is 265 g/mol. The quantitative estimate of drug-likeness (QED) is 0.874. The van der Waals surface area contributed by atoms with Gasteiger partial charge in [0.15, 0.2) is 0 Å². The third-order valence-corrected chi connectivity index (χ3v) is 3.84. The minimum absolute atomic E-state index is 0.173. The van der Waals surface area contributed by atoms with E-state index in [4.69, 9.17) is 0 Å². The molecule has 1 atom stereocenters. The number of hydrogen-bond acceptors (Lipinski definition) is 3. The highest BCUT2D eigenvalue weighted by molar-refractivity contribution is 5.19. The van der Waals surface area contributed by atoms with Gasteiger partial charge in [-0.1, -0.05) is 12.1 Å². The summed E-state index contributed by atoms with van der Waals surface area (Å²) in [6.07, 6.45) is 0. The summed E-state index contributed by atoms with van der Waals surface area (Å²) in [7, 11) is 2.17. The van der Waals surface area contributed by atoms with Crippen LogP contribution in [0.2, 0.25) is 0 Å². The lowest BCUT2D eigenvalue weighted by Gasteiger charge is -2.32. The van der Waals surface area contributed by atoms with E-state index >= 15 is 0 Å². The Kier molecular flexibility index (Phi) is 5.31. The Balaban J connectivity index is 1.69. The second-order valence-electron chi connectivity index (χ2n) is 5.37. The molecule has 0 amide bonds. The van der Waals surface area contributed by atoms with E-state index in [0.29, 0.717) is 0 Å². The number of nitrogens with zero attached hydrogens (tertiary/aromatic N) is 2. The Morgan fingerprint density at radius 3 is 2.42 bits per heavy atom. The molecule has 1 saturated heterocycles. The van der Waals surface area contributed by atoms with Gasteiger partial charge in [-0.25, -0.2) is 4.39 Å². The summed E-state index contributed by atoms with van der Waals surface area (Å²) in [6.45, 7) is 8.81. The minimum Gasteiger partial charge on any atom is -0.309 e. The predicted molar refractivity (Wildman–Crippen MR) is 76.8 cm³/mol. The topological polar surface area (TPSA) is 18.5 Å². The van der Waals surface area contributed by atoms with E-state index in [0.717, 1.165) is 44.8 Å². The van der Waals surface area contributed by atoms with E-state index in [-0.39, 0.29) is 11.9 Å². The zero-order valence-corrected chi connectivity index (χ0v) is 11.9. The fraction of sp³-hybridized carbons (Fsp3) is 0.600. The lowest BCUT2D eigenvalue weighted by molar-refractivity contribution is 0.154. The summed E-state index contributed by atoms with van der Waals surface area (Å²) in [5.74, 6) is -0.173. The fourth-order valence-electron chi connectivity index (χ4n) is 2.38. The van der Waals surface area contributed by atoms with Crippen LogP contribution in [0.1, 0.15) is 18.5 Å². The molecular weight excluding hydrogens is 241 g/mol. The molecular formula is C15H24FN3. The molecule has 106 valence electrons. The van der Waals surface area contributed by atoms with Crippen molar-refractivity contribution in [3.05, 3.63) is 35.6 Å². The molecule has 0 saturated carbocycles. The van der Waals surface area contributed by atoms with Crippen LogP contribution in [-0.4, -0.2) is 56.1 Å². The first kappa shape index (κ1) is 14.4. The van der Waals surface area contributed by atoms with Gasteiger partial charge >= 0.3 is 0 Å². The molecule has 3 nitrogen and oxygen atoms in total. The van der Waals surface area contributed by atoms with E-state index < -0.39 is 0 Å². The third-order valence-electron chi connectivity index (χ3n) is 3.84. The van der Waals surface area contributed by atoms with Gasteiger partial charge in [-0.3, -0.25) is 4.90 Å². The van der Waals surface area contributed by atoms with Crippen molar-refractivity contribution in [3.8, 4) is 0 Å². The Labute approximate surface area is 115 Å². The molecule has 1 aliphatic heterocycles. The van der Waals surface area contributed by atoms with Crippen molar-refractivity contribution in [1.82, 2.24) is 15.1 Å². The molecule has 0 bridgehead atoms. The fourth-order valence-corrected chi connectivity index (χ4v) is 2.38. The predicted octanol–water partition coefficient (Wildman–Crippen LogP) is 1.72. The van der Waals surface area contributed by atoms with Crippen LogP contribution in [0.5, 0.6) is 0 Å². The lowest BCUT2D eigenvalue weighted by Crippen LogP contribution is -2.46. The Bertz CT molecular complexity index is 371. The van der Waals surface area contributed by atoms with E-state index in [1.54, 1.807) is 0 Å². The van der Waals surface area contributed by atoms with E-state index in [1.165, 1.54) is 12.1 Å². The Hall–Kier alpha value is -0.970. The molecule has 0 aromatic heterocycles. The summed E-state index contributed by atoms with van der Waals surface area (Å²) in [4.78, 5) is 4.86. The maximum absolute atomic E-state index is 12.8. The van der Waals surface area contributed by atoms with Crippen LogP contribution in [-0.2, 0) is 0 Å². The summed E-state index contributed by atoms with van der Waals surface area (Å²) >= 11 is 0. The number of halogens is 1. The lowest BCUT2D eigenvalue weighted by atomic mass is 10.1.